The number of aryl methyl sites for hydroxylation is 2. The molecule has 138 valence electrons. The molecular formula is C16H23N3O4S2. The van der Waals surface area contributed by atoms with Crippen LogP contribution < -0.4 is 5.32 Å². The average Bonchev–Trinajstić information content (AvgIpc) is 3.16. The summed E-state index contributed by atoms with van der Waals surface area (Å²) in [6, 6.07) is 3.69. The van der Waals surface area contributed by atoms with E-state index < -0.39 is 10.0 Å². The molecule has 0 saturated carbocycles. The maximum Gasteiger partial charge on any atom is 0.263 e. The first-order valence-corrected chi connectivity index (χ1v) is 10.4. The molecule has 9 heteroatoms. The fourth-order valence-corrected chi connectivity index (χ4v) is 4.00. The molecule has 0 aliphatic rings. The van der Waals surface area contributed by atoms with E-state index in [2.05, 4.69) is 10.3 Å². The lowest BCUT2D eigenvalue weighted by Crippen LogP contribution is -2.32. The maximum absolute atomic E-state index is 12.3. The summed E-state index contributed by atoms with van der Waals surface area (Å²) in [6.45, 7) is 6.02. The SMILES string of the molecule is CCS(=O)(=O)N(C)CCCNC(=O)c1sc(-c2ccc(C)o2)nc1C. The Kier molecular flexibility index (Phi) is 6.36. The summed E-state index contributed by atoms with van der Waals surface area (Å²) in [5.74, 6) is 1.31. The lowest BCUT2D eigenvalue weighted by molar-refractivity contribution is 0.0956. The van der Waals surface area contributed by atoms with Gasteiger partial charge >= 0.3 is 0 Å². The molecule has 2 aromatic heterocycles. The molecule has 0 unspecified atom stereocenters. The molecule has 0 saturated heterocycles. The second-order valence-electron chi connectivity index (χ2n) is 5.68. The van der Waals surface area contributed by atoms with Crippen LogP contribution in [0.25, 0.3) is 10.8 Å². The van der Waals surface area contributed by atoms with Crippen molar-refractivity contribution >= 4 is 27.3 Å². The molecule has 2 rings (SSSR count). The molecule has 2 heterocycles. The Morgan fingerprint density at radius 3 is 2.68 bits per heavy atom. The van der Waals surface area contributed by atoms with E-state index in [1.807, 2.05) is 19.1 Å². The molecule has 1 amide bonds. The zero-order chi connectivity index (χ0) is 18.6. The summed E-state index contributed by atoms with van der Waals surface area (Å²) in [4.78, 5) is 17.2. The third kappa shape index (κ3) is 4.90. The van der Waals surface area contributed by atoms with E-state index in [9.17, 15) is 13.2 Å². The van der Waals surface area contributed by atoms with Crippen LogP contribution in [-0.4, -0.2) is 49.5 Å². The molecule has 0 aliphatic heterocycles. The van der Waals surface area contributed by atoms with Crippen molar-refractivity contribution in [2.75, 3.05) is 25.9 Å². The van der Waals surface area contributed by atoms with E-state index in [0.717, 1.165) is 5.76 Å². The molecule has 1 N–H and O–H groups in total. The number of aromatic nitrogens is 1. The van der Waals surface area contributed by atoms with Crippen LogP contribution in [0.15, 0.2) is 16.5 Å². The highest BCUT2D eigenvalue weighted by Gasteiger charge is 2.18. The molecule has 0 bridgehead atoms. The normalized spacial score (nSPS) is 11.9. The highest BCUT2D eigenvalue weighted by atomic mass is 32.2. The summed E-state index contributed by atoms with van der Waals surface area (Å²) in [7, 11) is -1.63. The number of hydrogen-bond donors (Lipinski definition) is 1. The second-order valence-corrected chi connectivity index (χ2v) is 9.04. The molecule has 0 fully saturated rings. The van der Waals surface area contributed by atoms with Crippen LogP contribution in [0.4, 0.5) is 0 Å². The van der Waals surface area contributed by atoms with Gasteiger partial charge in [-0.1, -0.05) is 0 Å². The topological polar surface area (TPSA) is 92.5 Å². The van der Waals surface area contributed by atoms with Crippen LogP contribution in [0.1, 0.15) is 34.5 Å². The Morgan fingerprint density at radius 2 is 2.08 bits per heavy atom. The molecule has 7 nitrogen and oxygen atoms in total. The highest BCUT2D eigenvalue weighted by molar-refractivity contribution is 7.89. The van der Waals surface area contributed by atoms with Gasteiger partial charge in [0.15, 0.2) is 10.8 Å². The molecule has 25 heavy (non-hydrogen) atoms. The lowest BCUT2D eigenvalue weighted by atomic mass is 10.3. The van der Waals surface area contributed by atoms with Crippen molar-refractivity contribution in [1.29, 1.82) is 0 Å². The Bertz CT molecular complexity index is 839. The summed E-state index contributed by atoms with van der Waals surface area (Å²) in [6.07, 6.45) is 0.545. The largest absolute Gasteiger partial charge is 0.459 e. The zero-order valence-electron chi connectivity index (χ0n) is 14.8. The number of hydrogen-bond acceptors (Lipinski definition) is 6. The first-order chi connectivity index (χ1) is 11.7. The summed E-state index contributed by atoms with van der Waals surface area (Å²) < 4.78 is 30.2. The van der Waals surface area contributed by atoms with Crippen molar-refractivity contribution in [2.24, 2.45) is 0 Å². The summed E-state index contributed by atoms with van der Waals surface area (Å²) in [5.41, 5.74) is 0.650. The number of carbonyl (C=O) groups excluding carboxylic acids is 1. The van der Waals surface area contributed by atoms with Gasteiger partial charge in [0.05, 0.1) is 11.4 Å². The summed E-state index contributed by atoms with van der Waals surface area (Å²) in [5, 5.41) is 3.48. The van der Waals surface area contributed by atoms with Gasteiger partial charge in [0.2, 0.25) is 10.0 Å². The van der Waals surface area contributed by atoms with Crippen LogP contribution in [-0.2, 0) is 10.0 Å². The minimum Gasteiger partial charge on any atom is -0.459 e. The van der Waals surface area contributed by atoms with Gasteiger partial charge in [-0.2, -0.15) is 0 Å². The second kappa shape index (κ2) is 8.11. The quantitative estimate of drug-likeness (QED) is 0.705. The standard InChI is InChI=1S/C16H23N3O4S2/c1-5-25(21,22)19(4)10-6-9-17-15(20)14-12(3)18-16(24-14)13-8-7-11(2)23-13/h7-8H,5-6,9-10H2,1-4H3,(H,17,20). The fraction of sp³-hybridized carbons (Fsp3) is 0.500. The predicted octanol–water partition coefficient (Wildman–Crippen LogP) is 2.42. The van der Waals surface area contributed by atoms with Gasteiger partial charge < -0.3 is 9.73 Å². The number of amides is 1. The van der Waals surface area contributed by atoms with Gasteiger partial charge in [0.25, 0.3) is 5.91 Å². The zero-order valence-corrected chi connectivity index (χ0v) is 16.5. The molecule has 0 aliphatic carbocycles. The van der Waals surface area contributed by atoms with Crippen molar-refractivity contribution in [3.63, 3.8) is 0 Å². The van der Waals surface area contributed by atoms with Crippen LogP contribution in [0.3, 0.4) is 0 Å². The van der Waals surface area contributed by atoms with Crippen LogP contribution in [0, 0.1) is 13.8 Å². The van der Waals surface area contributed by atoms with Gasteiger partial charge in [0.1, 0.15) is 10.6 Å². The van der Waals surface area contributed by atoms with E-state index in [1.54, 1.807) is 20.9 Å². The van der Waals surface area contributed by atoms with Crippen LogP contribution in [0.2, 0.25) is 0 Å². The average molecular weight is 386 g/mol. The number of nitrogens with zero attached hydrogens (tertiary/aromatic N) is 2. The Hall–Kier alpha value is -1.71. The Morgan fingerprint density at radius 1 is 1.36 bits per heavy atom. The number of thiazole rings is 1. The number of sulfonamides is 1. The molecule has 0 atom stereocenters. The minimum atomic E-state index is -3.18. The van der Waals surface area contributed by atoms with Crippen LogP contribution >= 0.6 is 11.3 Å². The number of rotatable bonds is 8. The molecule has 2 aromatic rings. The van der Waals surface area contributed by atoms with Gasteiger partial charge in [-0.05, 0) is 39.3 Å². The third-order valence-corrected chi connectivity index (χ3v) is 6.76. The maximum atomic E-state index is 12.3. The number of nitrogens with one attached hydrogen (secondary N) is 1. The van der Waals surface area contributed by atoms with Crippen LogP contribution in [0.5, 0.6) is 0 Å². The van der Waals surface area contributed by atoms with E-state index in [4.69, 9.17) is 4.42 Å². The minimum absolute atomic E-state index is 0.0744. The van der Waals surface area contributed by atoms with Crippen molar-refractivity contribution in [2.45, 2.75) is 27.2 Å². The lowest BCUT2D eigenvalue weighted by Gasteiger charge is -2.15. The molecule has 0 aromatic carbocycles. The smallest absolute Gasteiger partial charge is 0.263 e. The van der Waals surface area contributed by atoms with Gasteiger partial charge in [0, 0.05) is 20.1 Å². The molecular weight excluding hydrogens is 362 g/mol. The van der Waals surface area contributed by atoms with Crippen molar-refractivity contribution in [1.82, 2.24) is 14.6 Å². The fourth-order valence-electron chi connectivity index (χ4n) is 2.21. The first-order valence-electron chi connectivity index (χ1n) is 8.01. The van der Waals surface area contributed by atoms with Gasteiger partial charge in [-0.25, -0.2) is 17.7 Å². The van der Waals surface area contributed by atoms with Crippen molar-refractivity contribution in [3.05, 3.63) is 28.5 Å². The van der Waals surface area contributed by atoms with E-state index in [1.165, 1.54) is 15.6 Å². The van der Waals surface area contributed by atoms with E-state index in [-0.39, 0.29) is 11.7 Å². The third-order valence-electron chi connectivity index (χ3n) is 3.73. The van der Waals surface area contributed by atoms with Gasteiger partial charge in [-0.3, -0.25) is 4.79 Å². The molecule has 0 spiro atoms. The predicted molar refractivity (Wildman–Crippen MR) is 98.3 cm³/mol. The molecule has 0 radical (unpaired) electrons. The Labute approximate surface area is 152 Å². The van der Waals surface area contributed by atoms with E-state index in [0.29, 0.717) is 40.8 Å². The number of furan rings is 1. The van der Waals surface area contributed by atoms with Crippen molar-refractivity contribution < 1.29 is 17.6 Å². The highest BCUT2D eigenvalue weighted by Crippen LogP contribution is 2.29. The first kappa shape index (κ1) is 19.6. The monoisotopic (exact) mass is 385 g/mol. The number of carbonyl (C=O) groups is 1. The summed E-state index contributed by atoms with van der Waals surface area (Å²) >= 11 is 1.28. The van der Waals surface area contributed by atoms with Crippen molar-refractivity contribution in [3.8, 4) is 10.8 Å². The Balaban J connectivity index is 1.90. The van der Waals surface area contributed by atoms with Gasteiger partial charge in [-0.15, -0.1) is 11.3 Å². The van der Waals surface area contributed by atoms with E-state index >= 15 is 0 Å².